The van der Waals surface area contributed by atoms with Gasteiger partial charge in [-0.1, -0.05) is 19.3 Å². The summed E-state index contributed by atoms with van der Waals surface area (Å²) < 4.78 is 0. The lowest BCUT2D eigenvalue weighted by atomic mass is 9.95. The molecule has 2 aromatic rings. The van der Waals surface area contributed by atoms with Crippen molar-refractivity contribution in [2.75, 3.05) is 55.6 Å². The third-order valence-electron chi connectivity index (χ3n) is 10.4. The maximum absolute atomic E-state index is 13.3. The number of piperidine rings is 2. The van der Waals surface area contributed by atoms with E-state index in [2.05, 4.69) is 35.3 Å². The second kappa shape index (κ2) is 13.4. The van der Waals surface area contributed by atoms with Crippen LogP contribution in [-0.2, 0) is 9.59 Å². The van der Waals surface area contributed by atoms with Crippen molar-refractivity contribution in [2.45, 2.75) is 69.9 Å². The lowest BCUT2D eigenvalue weighted by molar-refractivity contribution is -0.136. The predicted octanol–water partition coefficient (Wildman–Crippen LogP) is 1.98. The minimum Gasteiger partial charge on any atom is -0.369 e. The average molecular weight is 643 g/mol. The Morgan fingerprint density at radius 1 is 0.809 bits per heavy atom. The Morgan fingerprint density at radius 2 is 1.55 bits per heavy atom. The summed E-state index contributed by atoms with van der Waals surface area (Å²) in [7, 11) is 0. The number of hydrogen-bond donors (Lipinski definition) is 2. The molecule has 2 N–H and O–H groups in total. The molecule has 1 aliphatic carbocycles. The van der Waals surface area contributed by atoms with E-state index in [4.69, 9.17) is 0 Å². The molecule has 248 valence electrons. The van der Waals surface area contributed by atoms with Crippen molar-refractivity contribution in [3.63, 3.8) is 0 Å². The van der Waals surface area contributed by atoms with E-state index in [1.807, 2.05) is 6.07 Å². The molecular formula is C34H42N8O5. The molecule has 4 fully saturated rings. The van der Waals surface area contributed by atoms with Crippen LogP contribution in [0.2, 0.25) is 0 Å². The Balaban J connectivity index is 0.871. The quantitative estimate of drug-likeness (QED) is 0.430. The molecule has 1 unspecified atom stereocenters. The van der Waals surface area contributed by atoms with Gasteiger partial charge in [-0.15, -0.1) is 0 Å². The van der Waals surface area contributed by atoms with Crippen molar-refractivity contribution < 1.29 is 24.0 Å². The predicted molar refractivity (Wildman–Crippen MR) is 173 cm³/mol. The van der Waals surface area contributed by atoms with Gasteiger partial charge in [0.05, 0.1) is 23.5 Å². The van der Waals surface area contributed by atoms with E-state index in [1.54, 1.807) is 24.5 Å². The third kappa shape index (κ3) is 6.58. The number of carbonyl (C=O) groups is 5. The summed E-state index contributed by atoms with van der Waals surface area (Å²) in [6.07, 6.45) is 11.4. The molecule has 1 aromatic heterocycles. The van der Waals surface area contributed by atoms with Gasteiger partial charge in [-0.3, -0.25) is 39.1 Å². The van der Waals surface area contributed by atoms with Crippen LogP contribution in [0.1, 0.15) is 89.0 Å². The standard InChI is InChI=1S/C34H42N8O5/c43-30-9-8-28(32(45)38-30)42-33(46)25-7-6-24(18-26(25)34(42)47)40-16-14-39(15-17-40)21-22-10-12-41(13-11-22)29-20-35-27(19-36-29)31(44)37-23-4-2-1-3-5-23/h6-7,18-20,22-23,28H,1-5,8-17,21H2,(H,37,44)(H,38,43,45). The van der Waals surface area contributed by atoms with E-state index in [0.717, 1.165) is 87.9 Å². The molecule has 5 amide bonds. The highest BCUT2D eigenvalue weighted by atomic mass is 16.2. The van der Waals surface area contributed by atoms with Gasteiger partial charge in [-0.05, 0) is 56.2 Å². The van der Waals surface area contributed by atoms with Gasteiger partial charge in [-0.2, -0.15) is 0 Å². The molecule has 1 saturated carbocycles. The molecule has 5 aliphatic rings. The van der Waals surface area contributed by atoms with Gasteiger partial charge in [0.15, 0.2) is 0 Å². The number of hydrogen-bond acceptors (Lipinski definition) is 10. The number of nitrogens with zero attached hydrogens (tertiary/aromatic N) is 6. The summed E-state index contributed by atoms with van der Waals surface area (Å²) in [6, 6.07) is 4.61. The SMILES string of the molecule is O=C1CCC(N2C(=O)c3ccc(N4CCN(CC5CCN(c6cnc(C(=O)NC7CCCCC7)cn6)CC5)CC4)cc3C2=O)C(=O)N1. The molecule has 13 heteroatoms. The van der Waals surface area contributed by atoms with Gasteiger partial charge < -0.3 is 15.1 Å². The zero-order chi connectivity index (χ0) is 32.5. The van der Waals surface area contributed by atoms with Crippen molar-refractivity contribution in [3.05, 3.63) is 47.4 Å². The first-order valence-corrected chi connectivity index (χ1v) is 17.0. The fraction of sp³-hybridized carbons (Fsp3) is 0.559. The molecule has 0 radical (unpaired) electrons. The van der Waals surface area contributed by atoms with Gasteiger partial charge in [0.2, 0.25) is 11.8 Å². The first-order chi connectivity index (χ1) is 22.8. The molecule has 1 aromatic carbocycles. The smallest absolute Gasteiger partial charge is 0.271 e. The van der Waals surface area contributed by atoms with Crippen molar-refractivity contribution in [1.29, 1.82) is 0 Å². The van der Waals surface area contributed by atoms with Crippen LogP contribution < -0.4 is 20.4 Å². The molecule has 13 nitrogen and oxygen atoms in total. The molecule has 0 spiro atoms. The highest BCUT2D eigenvalue weighted by Gasteiger charge is 2.44. The lowest BCUT2D eigenvalue weighted by Gasteiger charge is -2.39. The van der Waals surface area contributed by atoms with Gasteiger partial charge >= 0.3 is 0 Å². The Morgan fingerprint density at radius 3 is 2.26 bits per heavy atom. The number of fused-ring (bicyclic) bond motifs is 1. The van der Waals surface area contributed by atoms with Gasteiger partial charge in [-0.25, -0.2) is 9.97 Å². The minimum absolute atomic E-state index is 0.0997. The zero-order valence-corrected chi connectivity index (χ0v) is 26.7. The summed E-state index contributed by atoms with van der Waals surface area (Å²) in [4.78, 5) is 79.9. The number of amides is 5. The summed E-state index contributed by atoms with van der Waals surface area (Å²) in [5.74, 6) is -0.671. The van der Waals surface area contributed by atoms with E-state index in [-0.39, 0.29) is 30.7 Å². The number of benzene rings is 1. The Hall–Kier alpha value is -4.39. The van der Waals surface area contributed by atoms with Crippen molar-refractivity contribution in [3.8, 4) is 0 Å². The zero-order valence-electron chi connectivity index (χ0n) is 26.7. The van der Waals surface area contributed by atoms with Crippen LogP contribution in [-0.4, -0.2) is 107 Å². The molecular weight excluding hydrogens is 600 g/mol. The summed E-state index contributed by atoms with van der Waals surface area (Å²) in [5, 5.41) is 5.35. The molecule has 47 heavy (non-hydrogen) atoms. The monoisotopic (exact) mass is 642 g/mol. The van der Waals surface area contributed by atoms with E-state index in [1.165, 1.54) is 19.3 Å². The number of rotatable bonds is 7. The van der Waals surface area contributed by atoms with Crippen molar-refractivity contribution in [2.24, 2.45) is 5.92 Å². The van der Waals surface area contributed by atoms with Crippen LogP contribution in [0.25, 0.3) is 0 Å². The number of carbonyl (C=O) groups excluding carboxylic acids is 5. The van der Waals surface area contributed by atoms with Gasteiger partial charge in [0, 0.05) is 64.0 Å². The van der Waals surface area contributed by atoms with Gasteiger partial charge in [0.25, 0.3) is 17.7 Å². The molecule has 3 saturated heterocycles. The van der Waals surface area contributed by atoms with E-state index in [0.29, 0.717) is 22.7 Å². The maximum Gasteiger partial charge on any atom is 0.271 e. The second-order valence-corrected chi connectivity index (χ2v) is 13.5. The van der Waals surface area contributed by atoms with Crippen LogP contribution >= 0.6 is 0 Å². The summed E-state index contributed by atoms with van der Waals surface area (Å²) in [6.45, 7) is 6.28. The fourth-order valence-electron chi connectivity index (χ4n) is 7.66. The first-order valence-electron chi connectivity index (χ1n) is 17.0. The number of imide groups is 2. The maximum atomic E-state index is 13.3. The average Bonchev–Trinajstić information content (AvgIpc) is 3.34. The first kappa shape index (κ1) is 31.2. The third-order valence-corrected chi connectivity index (χ3v) is 10.4. The minimum atomic E-state index is -0.962. The Labute approximate surface area is 274 Å². The van der Waals surface area contributed by atoms with Crippen LogP contribution in [0.4, 0.5) is 11.5 Å². The number of piperazine rings is 1. The largest absolute Gasteiger partial charge is 0.369 e. The van der Waals surface area contributed by atoms with Crippen molar-refractivity contribution >= 4 is 41.0 Å². The Kier molecular flexibility index (Phi) is 8.89. The fourth-order valence-corrected chi connectivity index (χ4v) is 7.66. The number of aromatic nitrogens is 2. The summed E-state index contributed by atoms with van der Waals surface area (Å²) >= 11 is 0. The topological polar surface area (TPSA) is 148 Å². The molecule has 4 aliphatic heterocycles. The highest BCUT2D eigenvalue weighted by molar-refractivity contribution is 6.23. The number of nitrogens with one attached hydrogen (secondary N) is 2. The van der Waals surface area contributed by atoms with E-state index < -0.39 is 23.8 Å². The highest BCUT2D eigenvalue weighted by Crippen LogP contribution is 2.31. The van der Waals surface area contributed by atoms with E-state index in [9.17, 15) is 24.0 Å². The van der Waals surface area contributed by atoms with Crippen LogP contribution in [0.15, 0.2) is 30.6 Å². The lowest BCUT2D eigenvalue weighted by Crippen LogP contribution is -2.54. The molecule has 1 atom stereocenters. The molecule has 0 bridgehead atoms. The number of anilines is 2. The van der Waals surface area contributed by atoms with Gasteiger partial charge in [0.1, 0.15) is 17.6 Å². The normalized spacial score (nSPS) is 23.2. The van der Waals surface area contributed by atoms with E-state index >= 15 is 0 Å². The molecule has 5 heterocycles. The summed E-state index contributed by atoms with van der Waals surface area (Å²) in [5.41, 5.74) is 1.88. The van der Waals surface area contributed by atoms with Crippen molar-refractivity contribution in [1.82, 2.24) is 30.4 Å². The molecule has 7 rings (SSSR count). The second-order valence-electron chi connectivity index (χ2n) is 13.5. The van der Waals surface area contributed by atoms with Crippen LogP contribution in [0.3, 0.4) is 0 Å². The van der Waals surface area contributed by atoms with Crippen LogP contribution in [0.5, 0.6) is 0 Å². The Bertz CT molecular complexity index is 1540. The van der Waals surface area contributed by atoms with Crippen LogP contribution in [0, 0.1) is 5.92 Å².